The second-order valence-corrected chi connectivity index (χ2v) is 4.48. The van der Waals surface area contributed by atoms with Gasteiger partial charge in [0, 0.05) is 19.6 Å². The van der Waals surface area contributed by atoms with Crippen LogP contribution in [0.15, 0.2) is 18.2 Å². The quantitative estimate of drug-likeness (QED) is 0.871. The van der Waals surface area contributed by atoms with Crippen molar-refractivity contribution in [3.63, 3.8) is 0 Å². The Labute approximate surface area is 101 Å². The van der Waals surface area contributed by atoms with Gasteiger partial charge in [0.1, 0.15) is 5.82 Å². The summed E-state index contributed by atoms with van der Waals surface area (Å²) < 4.78 is 13.5. The molecule has 0 aliphatic carbocycles. The number of nitrogens with two attached hydrogens (primary N) is 1. The molecule has 0 fully saturated rings. The van der Waals surface area contributed by atoms with Crippen molar-refractivity contribution in [1.29, 1.82) is 0 Å². The number of hydrogen-bond acceptors (Lipinski definition) is 2. The first-order valence-corrected chi connectivity index (χ1v) is 5.69. The predicted octanol–water partition coefficient (Wildman–Crippen LogP) is 1.94. The molecule has 4 heteroatoms. The van der Waals surface area contributed by atoms with E-state index in [1.807, 2.05) is 13.8 Å². The van der Waals surface area contributed by atoms with Gasteiger partial charge < -0.3 is 10.6 Å². The number of halogens is 1. The molecule has 0 saturated heterocycles. The number of benzene rings is 1. The first-order chi connectivity index (χ1) is 7.91. The van der Waals surface area contributed by atoms with E-state index in [4.69, 9.17) is 5.73 Å². The van der Waals surface area contributed by atoms with E-state index < -0.39 is 5.82 Å². The van der Waals surface area contributed by atoms with E-state index in [9.17, 15) is 9.18 Å². The smallest absolute Gasteiger partial charge is 0.256 e. The molecule has 1 atom stereocenters. The highest BCUT2D eigenvalue weighted by atomic mass is 19.1. The van der Waals surface area contributed by atoms with Gasteiger partial charge in [0.25, 0.3) is 5.91 Å². The molecule has 1 aromatic rings. The summed E-state index contributed by atoms with van der Waals surface area (Å²) in [7, 11) is 1.66. The van der Waals surface area contributed by atoms with Gasteiger partial charge in [-0.25, -0.2) is 4.39 Å². The molecule has 1 amide bonds. The number of amides is 1. The Hall–Kier alpha value is -1.42. The van der Waals surface area contributed by atoms with Crippen molar-refractivity contribution >= 4 is 5.91 Å². The predicted molar refractivity (Wildman–Crippen MR) is 66.4 cm³/mol. The highest BCUT2D eigenvalue weighted by molar-refractivity contribution is 5.94. The van der Waals surface area contributed by atoms with E-state index in [2.05, 4.69) is 0 Å². The van der Waals surface area contributed by atoms with Gasteiger partial charge in [0.2, 0.25) is 0 Å². The molecule has 1 unspecified atom stereocenters. The Morgan fingerprint density at radius 2 is 2.18 bits per heavy atom. The first-order valence-electron chi connectivity index (χ1n) is 5.69. The van der Waals surface area contributed by atoms with E-state index >= 15 is 0 Å². The highest BCUT2D eigenvalue weighted by Gasteiger charge is 2.16. The molecule has 0 spiro atoms. The number of carbonyl (C=O) groups is 1. The van der Waals surface area contributed by atoms with Gasteiger partial charge in [0.15, 0.2) is 0 Å². The van der Waals surface area contributed by atoms with Crippen LogP contribution in [0.1, 0.15) is 29.3 Å². The minimum absolute atomic E-state index is 0.0348. The lowest BCUT2D eigenvalue weighted by Gasteiger charge is -2.18. The first kappa shape index (κ1) is 13.6. The van der Waals surface area contributed by atoms with Crippen LogP contribution < -0.4 is 5.73 Å². The Morgan fingerprint density at radius 1 is 1.53 bits per heavy atom. The minimum atomic E-state index is -0.478. The number of carbonyl (C=O) groups excluding carboxylic acids is 1. The van der Waals surface area contributed by atoms with Gasteiger partial charge in [-0.15, -0.1) is 0 Å². The molecular weight excluding hydrogens is 219 g/mol. The monoisotopic (exact) mass is 238 g/mol. The Kier molecular flexibility index (Phi) is 4.63. The maximum Gasteiger partial charge on any atom is 0.256 e. The molecule has 2 N–H and O–H groups in total. The van der Waals surface area contributed by atoms with Crippen LogP contribution in [0.2, 0.25) is 0 Å². The lowest BCUT2D eigenvalue weighted by Crippen LogP contribution is -2.31. The van der Waals surface area contributed by atoms with Crippen LogP contribution >= 0.6 is 0 Å². The van der Waals surface area contributed by atoms with Gasteiger partial charge in [-0.2, -0.15) is 0 Å². The van der Waals surface area contributed by atoms with Crippen molar-refractivity contribution in [3.8, 4) is 0 Å². The molecule has 17 heavy (non-hydrogen) atoms. The summed E-state index contributed by atoms with van der Waals surface area (Å²) in [6.07, 6.45) is 0.704. The zero-order valence-electron chi connectivity index (χ0n) is 10.5. The minimum Gasteiger partial charge on any atom is -0.342 e. The fraction of sp³-hybridized carbons (Fsp3) is 0.462. The molecule has 0 saturated carbocycles. The van der Waals surface area contributed by atoms with Gasteiger partial charge in [0.05, 0.1) is 5.56 Å². The number of aryl methyl sites for hydroxylation is 1. The van der Waals surface area contributed by atoms with Crippen LogP contribution in [-0.2, 0) is 0 Å². The maximum atomic E-state index is 13.5. The molecule has 3 nitrogen and oxygen atoms in total. The van der Waals surface area contributed by atoms with Crippen molar-refractivity contribution in [2.24, 2.45) is 5.73 Å². The molecule has 94 valence electrons. The lowest BCUT2D eigenvalue weighted by atomic mass is 10.1. The SMILES string of the molecule is Cc1ccc(F)c(C(=O)N(C)CCC(C)N)c1. The Morgan fingerprint density at radius 3 is 2.76 bits per heavy atom. The normalized spacial score (nSPS) is 12.3. The summed E-state index contributed by atoms with van der Waals surface area (Å²) in [5.41, 5.74) is 6.61. The molecule has 0 heterocycles. The molecule has 0 aromatic heterocycles. The summed E-state index contributed by atoms with van der Waals surface area (Å²) in [6.45, 7) is 4.24. The van der Waals surface area contributed by atoms with Gasteiger partial charge >= 0.3 is 0 Å². The highest BCUT2D eigenvalue weighted by Crippen LogP contribution is 2.12. The van der Waals surface area contributed by atoms with Gasteiger partial charge in [-0.05, 0) is 32.4 Å². The molecular formula is C13H19FN2O. The Bertz CT molecular complexity index is 404. The van der Waals surface area contributed by atoms with Crippen LogP contribution in [0.4, 0.5) is 4.39 Å². The van der Waals surface area contributed by atoms with E-state index in [0.717, 1.165) is 5.56 Å². The van der Waals surface area contributed by atoms with Crippen LogP contribution in [0, 0.1) is 12.7 Å². The third kappa shape index (κ3) is 3.82. The average molecular weight is 238 g/mol. The van der Waals surface area contributed by atoms with Crippen LogP contribution in [0.5, 0.6) is 0 Å². The molecule has 0 aliphatic heterocycles. The van der Waals surface area contributed by atoms with Crippen molar-refractivity contribution in [2.75, 3.05) is 13.6 Å². The zero-order valence-corrected chi connectivity index (χ0v) is 10.5. The summed E-state index contributed by atoms with van der Waals surface area (Å²) in [5, 5.41) is 0. The molecule has 1 rings (SSSR count). The van der Waals surface area contributed by atoms with Crippen molar-refractivity contribution < 1.29 is 9.18 Å². The molecule has 0 aliphatic rings. The van der Waals surface area contributed by atoms with E-state index in [1.165, 1.54) is 11.0 Å². The average Bonchev–Trinajstić information content (AvgIpc) is 2.28. The van der Waals surface area contributed by atoms with E-state index in [-0.39, 0.29) is 17.5 Å². The largest absolute Gasteiger partial charge is 0.342 e. The van der Waals surface area contributed by atoms with Crippen LogP contribution in [-0.4, -0.2) is 30.4 Å². The summed E-state index contributed by atoms with van der Waals surface area (Å²) in [4.78, 5) is 13.5. The van der Waals surface area contributed by atoms with Gasteiger partial charge in [-0.1, -0.05) is 11.6 Å². The topological polar surface area (TPSA) is 46.3 Å². The van der Waals surface area contributed by atoms with E-state index in [1.54, 1.807) is 19.2 Å². The Balaban J connectivity index is 2.78. The second kappa shape index (κ2) is 5.77. The third-order valence-electron chi connectivity index (χ3n) is 2.62. The zero-order chi connectivity index (χ0) is 13.0. The standard InChI is InChI=1S/C13H19FN2O/c1-9-4-5-12(14)11(8-9)13(17)16(3)7-6-10(2)15/h4-5,8,10H,6-7,15H2,1-3H3. The fourth-order valence-electron chi connectivity index (χ4n) is 1.51. The third-order valence-corrected chi connectivity index (χ3v) is 2.62. The number of hydrogen-bond donors (Lipinski definition) is 1. The summed E-state index contributed by atoms with van der Waals surface area (Å²) in [5.74, 6) is -0.778. The van der Waals surface area contributed by atoms with Crippen LogP contribution in [0.3, 0.4) is 0 Å². The van der Waals surface area contributed by atoms with E-state index in [0.29, 0.717) is 13.0 Å². The summed E-state index contributed by atoms with van der Waals surface area (Å²) in [6, 6.07) is 4.57. The lowest BCUT2D eigenvalue weighted by molar-refractivity contribution is 0.0787. The van der Waals surface area contributed by atoms with Crippen LogP contribution in [0.25, 0.3) is 0 Å². The maximum absolute atomic E-state index is 13.5. The summed E-state index contributed by atoms with van der Waals surface area (Å²) >= 11 is 0. The fourth-order valence-corrected chi connectivity index (χ4v) is 1.51. The van der Waals surface area contributed by atoms with Gasteiger partial charge in [-0.3, -0.25) is 4.79 Å². The molecule has 0 bridgehead atoms. The van der Waals surface area contributed by atoms with Crippen molar-refractivity contribution in [2.45, 2.75) is 26.3 Å². The molecule has 1 aromatic carbocycles. The van der Waals surface area contributed by atoms with Crippen molar-refractivity contribution in [1.82, 2.24) is 4.90 Å². The number of rotatable bonds is 4. The molecule has 0 radical (unpaired) electrons. The second-order valence-electron chi connectivity index (χ2n) is 4.48. The van der Waals surface area contributed by atoms with Crippen molar-refractivity contribution in [3.05, 3.63) is 35.1 Å². The number of nitrogens with zero attached hydrogens (tertiary/aromatic N) is 1.